The summed E-state index contributed by atoms with van der Waals surface area (Å²) in [6, 6.07) is 6.05. The Morgan fingerprint density at radius 1 is 1.43 bits per heavy atom. The van der Waals surface area contributed by atoms with Crippen LogP contribution < -0.4 is 5.32 Å². The van der Waals surface area contributed by atoms with E-state index >= 15 is 0 Å². The fourth-order valence-electron chi connectivity index (χ4n) is 1.04. The van der Waals surface area contributed by atoms with Crippen LogP contribution in [0.5, 0.6) is 0 Å². The van der Waals surface area contributed by atoms with Crippen LogP contribution in [0.3, 0.4) is 0 Å². The summed E-state index contributed by atoms with van der Waals surface area (Å²) in [6.07, 6.45) is 1.72. The zero-order chi connectivity index (χ0) is 10.6. The van der Waals surface area contributed by atoms with Gasteiger partial charge in [0.15, 0.2) is 0 Å². The first-order valence-corrected chi connectivity index (χ1v) is 5.01. The van der Waals surface area contributed by atoms with Crippen LogP contribution >= 0.6 is 11.6 Å². The van der Waals surface area contributed by atoms with E-state index in [-0.39, 0.29) is 0 Å². The van der Waals surface area contributed by atoms with Gasteiger partial charge in [-0.25, -0.2) is 0 Å². The van der Waals surface area contributed by atoms with Crippen molar-refractivity contribution in [1.82, 2.24) is 0 Å². The van der Waals surface area contributed by atoms with Gasteiger partial charge in [0.25, 0.3) is 0 Å². The Kier molecular flexibility index (Phi) is 3.96. The van der Waals surface area contributed by atoms with Crippen molar-refractivity contribution >= 4 is 23.6 Å². The maximum atomic E-state index is 5.84. The second-order valence-corrected chi connectivity index (χ2v) is 3.91. The molecule has 0 aliphatic carbocycles. The molecular formula is C11H15ClN2. The summed E-state index contributed by atoms with van der Waals surface area (Å²) >= 11 is 5.84. The van der Waals surface area contributed by atoms with Crippen molar-refractivity contribution in [1.29, 1.82) is 0 Å². The van der Waals surface area contributed by atoms with Crippen molar-refractivity contribution in [3.05, 3.63) is 28.8 Å². The number of nitrogens with one attached hydrogen (secondary N) is 1. The number of aryl methyl sites for hydroxylation is 1. The van der Waals surface area contributed by atoms with Gasteiger partial charge in [0.2, 0.25) is 0 Å². The Bertz CT molecular complexity index is 332. The van der Waals surface area contributed by atoms with Gasteiger partial charge in [0, 0.05) is 16.8 Å². The average Bonchev–Trinajstić information content (AvgIpc) is 2.08. The second-order valence-electron chi connectivity index (χ2n) is 3.48. The summed E-state index contributed by atoms with van der Waals surface area (Å²) in [5.41, 5.74) is 2.16. The molecule has 1 aromatic rings. The molecule has 3 heteroatoms. The maximum absolute atomic E-state index is 5.84. The zero-order valence-corrected chi connectivity index (χ0v) is 9.47. The molecule has 1 aromatic carbocycles. The monoisotopic (exact) mass is 210 g/mol. The van der Waals surface area contributed by atoms with Crippen LogP contribution in [0.15, 0.2) is 23.2 Å². The minimum atomic E-state index is 0.315. The van der Waals surface area contributed by atoms with Gasteiger partial charge in [-0.15, -0.1) is 0 Å². The van der Waals surface area contributed by atoms with E-state index in [1.807, 2.05) is 39.0 Å². The van der Waals surface area contributed by atoms with Gasteiger partial charge in [-0.05, 0) is 44.5 Å². The molecule has 0 aliphatic heterocycles. The van der Waals surface area contributed by atoms with Crippen molar-refractivity contribution in [3.8, 4) is 0 Å². The molecule has 0 heterocycles. The molecule has 0 saturated carbocycles. The highest BCUT2D eigenvalue weighted by Crippen LogP contribution is 2.18. The van der Waals surface area contributed by atoms with Crippen LogP contribution in [0, 0.1) is 6.92 Å². The Morgan fingerprint density at radius 2 is 2.14 bits per heavy atom. The lowest BCUT2D eigenvalue weighted by Gasteiger charge is -2.05. The zero-order valence-electron chi connectivity index (χ0n) is 8.71. The lowest BCUT2D eigenvalue weighted by Crippen LogP contribution is -2.00. The minimum Gasteiger partial charge on any atom is -0.347 e. The largest absolute Gasteiger partial charge is 0.347 e. The SMILES string of the molecule is Cc1cc(Cl)ccc1NC=NC(C)C. The van der Waals surface area contributed by atoms with Gasteiger partial charge in [-0.1, -0.05) is 11.6 Å². The van der Waals surface area contributed by atoms with Gasteiger partial charge >= 0.3 is 0 Å². The van der Waals surface area contributed by atoms with Crippen molar-refractivity contribution in [2.75, 3.05) is 5.32 Å². The number of hydrogen-bond acceptors (Lipinski definition) is 1. The van der Waals surface area contributed by atoms with E-state index in [2.05, 4.69) is 10.3 Å². The van der Waals surface area contributed by atoms with Crippen LogP contribution in [0.2, 0.25) is 5.02 Å². The first-order chi connectivity index (χ1) is 6.59. The van der Waals surface area contributed by atoms with Crippen molar-refractivity contribution in [2.45, 2.75) is 26.8 Å². The topological polar surface area (TPSA) is 24.4 Å². The first-order valence-electron chi connectivity index (χ1n) is 4.64. The molecule has 0 fully saturated rings. The van der Waals surface area contributed by atoms with E-state index in [4.69, 9.17) is 11.6 Å². The summed E-state index contributed by atoms with van der Waals surface area (Å²) in [6.45, 7) is 6.08. The average molecular weight is 211 g/mol. The molecule has 0 radical (unpaired) electrons. The quantitative estimate of drug-likeness (QED) is 0.600. The van der Waals surface area contributed by atoms with E-state index in [0.717, 1.165) is 16.3 Å². The molecule has 76 valence electrons. The third kappa shape index (κ3) is 3.38. The Balaban J connectivity index is 2.68. The Morgan fingerprint density at radius 3 is 2.71 bits per heavy atom. The molecule has 0 bridgehead atoms. The molecule has 14 heavy (non-hydrogen) atoms. The molecule has 0 atom stereocenters. The number of aliphatic imine (C=N–C) groups is 1. The summed E-state index contributed by atoms with van der Waals surface area (Å²) in [4.78, 5) is 4.21. The van der Waals surface area contributed by atoms with Crippen molar-refractivity contribution in [3.63, 3.8) is 0 Å². The fourth-order valence-corrected chi connectivity index (χ4v) is 1.27. The van der Waals surface area contributed by atoms with Crippen LogP contribution in [0.25, 0.3) is 0 Å². The maximum Gasteiger partial charge on any atom is 0.0871 e. The molecule has 0 spiro atoms. The lowest BCUT2D eigenvalue weighted by atomic mass is 10.2. The van der Waals surface area contributed by atoms with Gasteiger partial charge in [0.1, 0.15) is 0 Å². The minimum absolute atomic E-state index is 0.315. The van der Waals surface area contributed by atoms with E-state index in [0.29, 0.717) is 6.04 Å². The smallest absolute Gasteiger partial charge is 0.0871 e. The van der Waals surface area contributed by atoms with Crippen LogP contribution in [0.1, 0.15) is 19.4 Å². The number of halogens is 1. The molecule has 1 N–H and O–H groups in total. The molecular weight excluding hydrogens is 196 g/mol. The van der Waals surface area contributed by atoms with E-state index in [9.17, 15) is 0 Å². The normalized spacial score (nSPS) is 11.2. The summed E-state index contributed by atoms with van der Waals surface area (Å²) < 4.78 is 0. The van der Waals surface area contributed by atoms with Crippen LogP contribution in [-0.4, -0.2) is 12.4 Å². The summed E-state index contributed by atoms with van der Waals surface area (Å²) in [5.74, 6) is 0. The van der Waals surface area contributed by atoms with Crippen LogP contribution in [0.4, 0.5) is 5.69 Å². The number of anilines is 1. The second kappa shape index (κ2) is 5.01. The van der Waals surface area contributed by atoms with E-state index in [1.54, 1.807) is 6.34 Å². The fraction of sp³-hybridized carbons (Fsp3) is 0.364. The highest BCUT2D eigenvalue weighted by Gasteiger charge is 1.96. The van der Waals surface area contributed by atoms with Gasteiger partial charge in [-0.3, -0.25) is 4.99 Å². The van der Waals surface area contributed by atoms with E-state index < -0.39 is 0 Å². The highest BCUT2D eigenvalue weighted by atomic mass is 35.5. The predicted molar refractivity (Wildman–Crippen MR) is 63.4 cm³/mol. The standard InChI is InChI=1S/C11H15ClN2/c1-8(2)13-7-14-11-5-4-10(12)6-9(11)3/h4-8H,1-3H3,(H,13,14). The molecule has 0 aliphatic rings. The predicted octanol–water partition coefficient (Wildman–Crippen LogP) is 3.50. The Hall–Kier alpha value is -1.02. The van der Waals surface area contributed by atoms with Crippen molar-refractivity contribution in [2.24, 2.45) is 4.99 Å². The van der Waals surface area contributed by atoms with Crippen LogP contribution in [-0.2, 0) is 0 Å². The molecule has 2 nitrogen and oxygen atoms in total. The number of nitrogens with zero attached hydrogens (tertiary/aromatic N) is 1. The molecule has 0 amide bonds. The third-order valence-electron chi connectivity index (χ3n) is 1.78. The van der Waals surface area contributed by atoms with Gasteiger partial charge in [-0.2, -0.15) is 0 Å². The van der Waals surface area contributed by atoms with E-state index in [1.165, 1.54) is 0 Å². The molecule has 1 rings (SSSR count). The number of rotatable bonds is 3. The lowest BCUT2D eigenvalue weighted by molar-refractivity contribution is 0.840. The third-order valence-corrected chi connectivity index (χ3v) is 2.02. The number of benzene rings is 1. The molecule has 0 aromatic heterocycles. The van der Waals surface area contributed by atoms with Gasteiger partial charge in [0.05, 0.1) is 6.34 Å². The highest BCUT2D eigenvalue weighted by molar-refractivity contribution is 6.30. The van der Waals surface area contributed by atoms with Crippen molar-refractivity contribution < 1.29 is 0 Å². The molecule has 0 unspecified atom stereocenters. The van der Waals surface area contributed by atoms with Gasteiger partial charge < -0.3 is 5.32 Å². The number of hydrogen-bond donors (Lipinski definition) is 1. The molecule has 0 saturated heterocycles. The summed E-state index contributed by atoms with van der Waals surface area (Å²) in [7, 11) is 0. The Labute approximate surface area is 90.0 Å². The summed E-state index contributed by atoms with van der Waals surface area (Å²) in [5, 5.41) is 3.88. The first kappa shape index (κ1) is 11.1.